The fourth-order valence-electron chi connectivity index (χ4n) is 18.4. The van der Waals surface area contributed by atoms with Crippen molar-refractivity contribution in [2.45, 2.75) is 235 Å². The van der Waals surface area contributed by atoms with Crippen molar-refractivity contribution in [1.29, 1.82) is 0 Å². The van der Waals surface area contributed by atoms with E-state index in [1.54, 1.807) is 12.4 Å². The lowest BCUT2D eigenvalue weighted by molar-refractivity contribution is 0.457. The summed E-state index contributed by atoms with van der Waals surface area (Å²) < 4.78 is 30.5. The molecule has 5 aliphatic heterocycles. The number of rotatable bonds is 5. The van der Waals surface area contributed by atoms with E-state index in [-0.39, 0.29) is 27.1 Å². The van der Waals surface area contributed by atoms with E-state index >= 15 is 0 Å². The van der Waals surface area contributed by atoms with Gasteiger partial charge in [0.1, 0.15) is 5.69 Å². The van der Waals surface area contributed by atoms with Crippen LogP contribution in [0, 0.1) is 104 Å². The molecular formula is C118H128N12O5. The smallest absolute Gasteiger partial charge is 0.243 e. The first-order chi connectivity index (χ1) is 63.8. The number of aromatic nitrogens is 7. The lowest BCUT2D eigenvalue weighted by atomic mass is 9.84. The summed E-state index contributed by atoms with van der Waals surface area (Å²) in [5.74, 6) is 11.0. The van der Waals surface area contributed by atoms with Gasteiger partial charge in [0, 0.05) is 41.4 Å². The zero-order chi connectivity index (χ0) is 96.7. The summed E-state index contributed by atoms with van der Waals surface area (Å²) in [6.45, 7) is 65.7. The second-order valence-electron chi connectivity index (χ2n) is 41.8. The Kier molecular flexibility index (Phi) is 25.3. The maximum atomic E-state index is 6.14. The third-order valence-electron chi connectivity index (χ3n) is 25.3. The molecule has 17 nitrogen and oxygen atoms in total. The summed E-state index contributed by atoms with van der Waals surface area (Å²) >= 11 is 0. The van der Waals surface area contributed by atoms with Gasteiger partial charge >= 0.3 is 0 Å². The average Bonchev–Trinajstić information content (AvgIpc) is 0.761. The Balaban J connectivity index is 0.000000123. The van der Waals surface area contributed by atoms with Crippen molar-refractivity contribution in [2.75, 3.05) is 24.5 Å². The first-order valence-electron chi connectivity index (χ1n) is 46.8. The summed E-state index contributed by atoms with van der Waals surface area (Å²) in [5.41, 5.74) is 36.6. The van der Waals surface area contributed by atoms with Gasteiger partial charge in [-0.3, -0.25) is 24.7 Å². The summed E-state index contributed by atoms with van der Waals surface area (Å²) in [6.07, 6.45) is 9.07. The van der Waals surface area contributed by atoms with Crippen molar-refractivity contribution in [3.8, 4) is 57.6 Å². The monoisotopic (exact) mass is 1790 g/mol. The number of fused-ring (bicyclic) bond motifs is 10. The molecule has 690 valence electrons. The van der Waals surface area contributed by atoms with Gasteiger partial charge in [-0.25, -0.2) is 24.9 Å². The molecule has 135 heavy (non-hydrogen) atoms. The SMILES string of the molecule is Cc1cc2c(cn1)Oc1ccccc1N2c1c(C)cc(C(C)(C)C)cc1C.Cc1cc2c(cn1)Oc1cccnc1N2c1c(C)cc(C(C)(C)C)cc1C.Cc1ccc2c(n1)N(c1c(C)cc(C(C)(C)C)cc1C)c1ccccc1O2.Cc1ccc2c(n1)N(c1c(C)cc(C(C)(C)C)cc1C)c1ncccc1O2.Cc1cnc2c(c1)N(c1c(C)cc(C(C)(C)C)cc1C)c1ccccc1O2. The third-order valence-corrected chi connectivity index (χ3v) is 25.3. The Labute approximate surface area is 799 Å². The minimum atomic E-state index is 0.0992. The quantitative estimate of drug-likeness (QED) is 0.160. The predicted octanol–water partition coefficient (Wildman–Crippen LogP) is 33.2. The molecule has 0 fully saturated rings. The van der Waals surface area contributed by atoms with E-state index in [1.165, 1.54) is 101 Å². The maximum Gasteiger partial charge on any atom is 0.243 e. The van der Waals surface area contributed by atoms with Crippen molar-refractivity contribution in [2.24, 2.45) is 0 Å². The van der Waals surface area contributed by atoms with Crippen molar-refractivity contribution in [3.05, 3.63) is 343 Å². The zero-order valence-corrected chi connectivity index (χ0v) is 84.3. The van der Waals surface area contributed by atoms with Crippen LogP contribution in [0.3, 0.4) is 0 Å². The van der Waals surface area contributed by atoms with Crippen molar-refractivity contribution >= 4 is 85.8 Å². The molecule has 0 aliphatic carbocycles. The largest absolute Gasteiger partial charge is 0.451 e. The van der Waals surface area contributed by atoms with Gasteiger partial charge in [0.25, 0.3) is 0 Å². The second kappa shape index (κ2) is 36.3. The minimum Gasteiger partial charge on any atom is -0.451 e. The molecule has 0 saturated carbocycles. The van der Waals surface area contributed by atoms with Gasteiger partial charge in [0.2, 0.25) is 5.88 Å². The molecule has 0 N–H and O–H groups in total. The van der Waals surface area contributed by atoms with E-state index in [9.17, 15) is 0 Å². The summed E-state index contributed by atoms with van der Waals surface area (Å²) in [7, 11) is 0. The van der Waals surface area contributed by atoms with Crippen LogP contribution in [0.5, 0.6) is 57.6 Å². The number of ether oxygens (including phenoxy) is 5. The molecule has 5 aliphatic rings. The highest BCUT2D eigenvalue weighted by Gasteiger charge is 2.38. The third kappa shape index (κ3) is 19.0. The summed E-state index contributed by atoms with van der Waals surface area (Å²) in [6, 6.07) is 69.4. The van der Waals surface area contributed by atoms with Crippen molar-refractivity contribution in [1.82, 2.24) is 34.9 Å². The van der Waals surface area contributed by atoms with Crippen LogP contribution in [0.1, 0.15) is 216 Å². The average molecular weight is 1790 g/mol. The molecule has 0 atom stereocenters. The molecule has 0 saturated heterocycles. The number of aryl methyl sites for hydroxylation is 15. The number of hydrogen-bond acceptors (Lipinski definition) is 17. The zero-order valence-electron chi connectivity index (χ0n) is 84.3. The fourth-order valence-corrected chi connectivity index (χ4v) is 18.4. The van der Waals surface area contributed by atoms with Crippen molar-refractivity contribution in [3.63, 3.8) is 0 Å². The molecule has 17 heteroatoms. The van der Waals surface area contributed by atoms with Crippen molar-refractivity contribution < 1.29 is 23.7 Å². The molecule has 12 heterocycles. The highest BCUT2D eigenvalue weighted by atomic mass is 16.5. The topological polar surface area (TPSA) is 153 Å². The van der Waals surface area contributed by atoms with Gasteiger partial charge in [-0.05, 0) is 323 Å². The lowest BCUT2D eigenvalue weighted by Crippen LogP contribution is -2.21. The summed E-state index contributed by atoms with van der Waals surface area (Å²) in [4.78, 5) is 43.5. The van der Waals surface area contributed by atoms with Gasteiger partial charge in [0.05, 0.1) is 69.3 Å². The van der Waals surface area contributed by atoms with Crippen LogP contribution in [-0.4, -0.2) is 34.9 Å². The fraction of sp³-hybridized carbons (Fsp3) is 0.297. The van der Waals surface area contributed by atoms with E-state index in [2.05, 4.69) is 339 Å². The molecule has 0 radical (unpaired) electrons. The number of anilines is 15. The van der Waals surface area contributed by atoms with Crippen LogP contribution < -0.4 is 48.2 Å². The number of pyridine rings is 7. The van der Waals surface area contributed by atoms with E-state index < -0.39 is 0 Å². The minimum absolute atomic E-state index is 0.0992. The predicted molar refractivity (Wildman–Crippen MR) is 555 cm³/mol. The second-order valence-corrected chi connectivity index (χ2v) is 41.8. The van der Waals surface area contributed by atoms with Gasteiger partial charge in [-0.2, -0.15) is 0 Å². The highest BCUT2D eigenvalue weighted by molar-refractivity contribution is 5.93. The molecule has 0 amide bonds. The van der Waals surface area contributed by atoms with E-state index in [0.717, 1.165) is 149 Å². The van der Waals surface area contributed by atoms with E-state index in [4.69, 9.17) is 33.7 Å². The van der Waals surface area contributed by atoms with Gasteiger partial charge in [-0.1, -0.05) is 201 Å². The lowest BCUT2D eigenvalue weighted by Gasteiger charge is -2.35. The number of nitrogens with zero attached hydrogens (tertiary/aromatic N) is 12. The Morgan fingerprint density at radius 2 is 0.481 bits per heavy atom. The number of para-hydroxylation sites is 6. The Morgan fingerprint density at radius 1 is 0.207 bits per heavy atom. The molecule has 0 spiro atoms. The van der Waals surface area contributed by atoms with Crippen LogP contribution in [0.4, 0.5) is 85.8 Å². The van der Waals surface area contributed by atoms with Crippen LogP contribution in [0.2, 0.25) is 0 Å². The van der Waals surface area contributed by atoms with Gasteiger partial charge < -0.3 is 33.5 Å². The molecule has 7 aromatic heterocycles. The first kappa shape index (κ1) is 94.0. The van der Waals surface area contributed by atoms with Gasteiger partial charge in [0.15, 0.2) is 75.0 Å². The molecule has 0 unspecified atom stereocenters. The number of benzene rings is 8. The first-order valence-corrected chi connectivity index (χ1v) is 46.8. The number of hydrogen-bond donors (Lipinski definition) is 0. The molecule has 20 rings (SSSR count). The van der Waals surface area contributed by atoms with Crippen LogP contribution >= 0.6 is 0 Å². The Morgan fingerprint density at radius 3 is 0.859 bits per heavy atom. The Bertz CT molecular complexity index is 6020. The van der Waals surface area contributed by atoms with E-state index in [0.29, 0.717) is 5.88 Å². The van der Waals surface area contributed by atoms with Crippen LogP contribution in [-0.2, 0) is 27.1 Å². The normalized spacial score (nSPS) is 13.0. The molecule has 0 bridgehead atoms. The molecule has 8 aromatic carbocycles. The molecular weight excluding hydrogens is 1670 g/mol. The van der Waals surface area contributed by atoms with Gasteiger partial charge in [-0.15, -0.1) is 0 Å². The maximum absolute atomic E-state index is 6.14. The Hall–Kier alpha value is -14.2. The van der Waals surface area contributed by atoms with Crippen LogP contribution in [0.25, 0.3) is 0 Å². The summed E-state index contributed by atoms with van der Waals surface area (Å²) in [5, 5.41) is 0. The highest BCUT2D eigenvalue weighted by Crippen LogP contribution is 2.58. The molecule has 15 aromatic rings. The standard InChI is InChI=1S/3C24H26N2O.2C23H25N3O/c1-15-11-18(24(4,5)6)12-16(2)23(15)26-19-9-7-8-10-21(19)27-22-14-25-17(3)13-20(22)26;1-15-11-20-23(25-14-15)27-21-10-8-7-9-19(21)26(20)22-16(2)12-18(13-17(22)3)24(4,5)6;1-15-13-18(24(4,5)6)14-16(2)22(15)26-19-9-7-8-10-20(19)27-21-12-11-17(3)25-23(21)26;1-14-12-17(23(4,5)6)13-15(2)20(14)26-21-18(8-7-11-24-21)27-19-10-9-16(3)25-22(19)26;1-14-10-17(23(4,5)6)11-15(2)21(14)26-18-12-16(3)25-13-20(18)27-19-8-7-9-24-22(19)26/h3*7-14H,1-6H3;2*7-13H,1-6H3. The van der Waals surface area contributed by atoms with E-state index in [1.807, 2.05) is 137 Å². The van der Waals surface area contributed by atoms with Crippen LogP contribution in [0.15, 0.2) is 231 Å².